The van der Waals surface area contributed by atoms with Gasteiger partial charge < -0.3 is 19.7 Å². The van der Waals surface area contributed by atoms with E-state index in [-0.39, 0.29) is 30.9 Å². The van der Waals surface area contributed by atoms with E-state index in [1.807, 2.05) is 55.5 Å². The van der Waals surface area contributed by atoms with E-state index < -0.39 is 0 Å². The Morgan fingerprint density at radius 3 is 2.31 bits per heavy atom. The van der Waals surface area contributed by atoms with Crippen molar-refractivity contribution in [3.8, 4) is 11.5 Å². The molecule has 1 unspecified atom stereocenters. The van der Waals surface area contributed by atoms with Crippen molar-refractivity contribution in [2.24, 2.45) is 0 Å². The quantitative estimate of drug-likeness (QED) is 0.741. The maximum Gasteiger partial charge on any atom is 0.258 e. The lowest BCUT2D eigenvalue weighted by molar-refractivity contribution is -0.123. The highest BCUT2D eigenvalue weighted by molar-refractivity contribution is 5.97. The minimum atomic E-state index is -0.232. The highest BCUT2D eigenvalue weighted by Gasteiger charge is 2.31. The molecule has 1 fully saturated rings. The summed E-state index contributed by atoms with van der Waals surface area (Å²) in [5, 5.41) is 2.89. The number of nitrogens with one attached hydrogen (secondary N) is 1. The molecule has 0 spiro atoms. The first-order valence-electron chi connectivity index (χ1n) is 10.0. The molecule has 6 heteroatoms. The first-order chi connectivity index (χ1) is 14.0. The van der Waals surface area contributed by atoms with Crippen LogP contribution < -0.4 is 19.7 Å². The van der Waals surface area contributed by atoms with Crippen molar-refractivity contribution in [1.29, 1.82) is 0 Å². The summed E-state index contributed by atoms with van der Waals surface area (Å²) in [7, 11) is 0. The third-order valence-electron chi connectivity index (χ3n) is 4.87. The summed E-state index contributed by atoms with van der Waals surface area (Å²) in [5.41, 5.74) is 2.03. The Morgan fingerprint density at radius 2 is 1.69 bits per heavy atom. The second kappa shape index (κ2) is 9.45. The van der Waals surface area contributed by atoms with Crippen molar-refractivity contribution < 1.29 is 19.1 Å². The van der Waals surface area contributed by atoms with Gasteiger partial charge in [0.15, 0.2) is 6.61 Å². The van der Waals surface area contributed by atoms with Gasteiger partial charge in [-0.15, -0.1) is 0 Å². The maximum atomic E-state index is 12.4. The number of hydrogen-bond acceptors (Lipinski definition) is 4. The van der Waals surface area contributed by atoms with Crippen molar-refractivity contribution in [2.75, 3.05) is 24.7 Å². The molecular weight excluding hydrogens is 368 g/mol. The lowest BCUT2D eigenvalue weighted by Gasteiger charge is -2.18. The molecular formula is C23H28N2O4. The molecule has 0 bridgehead atoms. The molecule has 2 aromatic rings. The Bertz CT molecular complexity index is 831. The van der Waals surface area contributed by atoms with Gasteiger partial charge in [-0.05, 0) is 54.8 Å². The number of rotatable bonds is 8. The van der Waals surface area contributed by atoms with Crippen LogP contribution in [0.1, 0.15) is 38.7 Å². The van der Waals surface area contributed by atoms with Gasteiger partial charge in [0, 0.05) is 18.7 Å². The van der Waals surface area contributed by atoms with E-state index in [1.165, 1.54) is 5.56 Å². The van der Waals surface area contributed by atoms with E-state index in [1.54, 1.807) is 4.90 Å². The zero-order valence-electron chi connectivity index (χ0n) is 17.2. The molecule has 154 valence electrons. The third-order valence-corrected chi connectivity index (χ3v) is 4.87. The van der Waals surface area contributed by atoms with Crippen LogP contribution in [0.5, 0.6) is 11.5 Å². The van der Waals surface area contributed by atoms with E-state index in [0.717, 1.165) is 11.4 Å². The summed E-state index contributed by atoms with van der Waals surface area (Å²) in [6.07, 6.45) is 0.280. The minimum Gasteiger partial charge on any atom is -0.494 e. The van der Waals surface area contributed by atoms with Crippen molar-refractivity contribution >= 4 is 17.5 Å². The molecule has 1 saturated heterocycles. The summed E-state index contributed by atoms with van der Waals surface area (Å²) in [4.78, 5) is 26.3. The van der Waals surface area contributed by atoms with E-state index in [2.05, 4.69) is 19.2 Å². The second-order valence-electron chi connectivity index (χ2n) is 7.41. The number of ether oxygens (including phenoxy) is 2. The van der Waals surface area contributed by atoms with Gasteiger partial charge in [0.05, 0.1) is 12.6 Å². The molecule has 0 aliphatic carbocycles. The SMILES string of the molecule is CCOc1ccc(N2CC(NC(=O)COc3ccc(C(C)C)cc3)CC2=O)cc1. The number of nitrogens with zero attached hydrogens (tertiary/aromatic N) is 1. The zero-order valence-corrected chi connectivity index (χ0v) is 17.2. The summed E-state index contributed by atoms with van der Waals surface area (Å²) in [6.45, 7) is 7.15. The molecule has 3 rings (SSSR count). The molecule has 0 aromatic heterocycles. The van der Waals surface area contributed by atoms with Gasteiger partial charge in [-0.1, -0.05) is 26.0 Å². The largest absolute Gasteiger partial charge is 0.494 e. The fraction of sp³-hybridized carbons (Fsp3) is 0.391. The fourth-order valence-corrected chi connectivity index (χ4v) is 3.31. The summed E-state index contributed by atoms with van der Waals surface area (Å²) in [6, 6.07) is 14.9. The predicted molar refractivity (Wildman–Crippen MR) is 113 cm³/mol. The average molecular weight is 396 g/mol. The smallest absolute Gasteiger partial charge is 0.258 e. The van der Waals surface area contributed by atoms with Crippen LogP contribution in [0.25, 0.3) is 0 Å². The fourth-order valence-electron chi connectivity index (χ4n) is 3.31. The van der Waals surface area contributed by atoms with Gasteiger partial charge in [-0.2, -0.15) is 0 Å². The number of amides is 2. The van der Waals surface area contributed by atoms with Crippen molar-refractivity contribution in [1.82, 2.24) is 5.32 Å². The Labute approximate surface area is 171 Å². The molecule has 1 aliphatic rings. The first-order valence-corrected chi connectivity index (χ1v) is 10.0. The van der Waals surface area contributed by atoms with Crippen LogP contribution in [0.3, 0.4) is 0 Å². The van der Waals surface area contributed by atoms with Gasteiger partial charge >= 0.3 is 0 Å². The zero-order chi connectivity index (χ0) is 20.8. The number of carbonyl (C=O) groups is 2. The van der Waals surface area contributed by atoms with E-state index in [0.29, 0.717) is 24.8 Å². The van der Waals surface area contributed by atoms with Crippen LogP contribution in [0, 0.1) is 0 Å². The Balaban J connectivity index is 1.49. The maximum absolute atomic E-state index is 12.4. The molecule has 1 heterocycles. The van der Waals surface area contributed by atoms with E-state index in [4.69, 9.17) is 9.47 Å². The van der Waals surface area contributed by atoms with E-state index >= 15 is 0 Å². The molecule has 0 radical (unpaired) electrons. The summed E-state index contributed by atoms with van der Waals surface area (Å²) in [5.74, 6) is 1.63. The van der Waals surface area contributed by atoms with Crippen molar-refractivity contribution in [3.63, 3.8) is 0 Å². The van der Waals surface area contributed by atoms with Gasteiger partial charge in [-0.3, -0.25) is 9.59 Å². The highest BCUT2D eigenvalue weighted by Crippen LogP contribution is 2.24. The van der Waals surface area contributed by atoms with Crippen LogP contribution >= 0.6 is 0 Å². The lowest BCUT2D eigenvalue weighted by Crippen LogP contribution is -2.39. The second-order valence-corrected chi connectivity index (χ2v) is 7.41. The van der Waals surface area contributed by atoms with E-state index in [9.17, 15) is 9.59 Å². The van der Waals surface area contributed by atoms with Gasteiger partial charge in [0.1, 0.15) is 11.5 Å². The molecule has 1 aliphatic heterocycles. The lowest BCUT2D eigenvalue weighted by atomic mass is 10.0. The van der Waals surface area contributed by atoms with Gasteiger partial charge in [-0.25, -0.2) is 0 Å². The normalized spacial score (nSPS) is 16.2. The Hall–Kier alpha value is -3.02. The van der Waals surface area contributed by atoms with Crippen LogP contribution in [-0.2, 0) is 9.59 Å². The van der Waals surface area contributed by atoms with Crippen LogP contribution in [-0.4, -0.2) is 37.6 Å². The van der Waals surface area contributed by atoms with Crippen LogP contribution in [0.2, 0.25) is 0 Å². The van der Waals surface area contributed by atoms with Gasteiger partial charge in [0.25, 0.3) is 5.91 Å². The third kappa shape index (κ3) is 5.50. The van der Waals surface area contributed by atoms with Crippen LogP contribution in [0.4, 0.5) is 5.69 Å². The number of hydrogen-bond donors (Lipinski definition) is 1. The molecule has 1 atom stereocenters. The van der Waals surface area contributed by atoms with Crippen molar-refractivity contribution in [2.45, 2.75) is 39.2 Å². The van der Waals surface area contributed by atoms with Crippen LogP contribution in [0.15, 0.2) is 48.5 Å². The van der Waals surface area contributed by atoms with Gasteiger partial charge in [0.2, 0.25) is 5.91 Å². The Kier molecular flexibility index (Phi) is 6.75. The first kappa shape index (κ1) is 20.7. The van der Waals surface area contributed by atoms with Crippen molar-refractivity contribution in [3.05, 3.63) is 54.1 Å². The monoisotopic (exact) mass is 396 g/mol. The molecule has 2 aromatic carbocycles. The summed E-state index contributed by atoms with van der Waals surface area (Å²) >= 11 is 0. The molecule has 6 nitrogen and oxygen atoms in total. The molecule has 1 N–H and O–H groups in total. The number of anilines is 1. The minimum absolute atomic E-state index is 0.00958. The highest BCUT2D eigenvalue weighted by atomic mass is 16.5. The topological polar surface area (TPSA) is 67.9 Å². The average Bonchev–Trinajstić information content (AvgIpc) is 3.07. The number of benzene rings is 2. The predicted octanol–water partition coefficient (Wildman–Crippen LogP) is 3.51. The molecule has 29 heavy (non-hydrogen) atoms. The summed E-state index contributed by atoms with van der Waals surface area (Å²) < 4.78 is 11.0. The molecule has 0 saturated carbocycles. The Morgan fingerprint density at radius 1 is 1.07 bits per heavy atom. The standard InChI is InChI=1S/C23H28N2O4/c1-4-28-20-11-7-19(8-12-20)25-14-18(13-23(25)27)24-22(26)15-29-21-9-5-17(6-10-21)16(2)3/h5-12,16,18H,4,13-15H2,1-3H3,(H,24,26). The molecule has 2 amide bonds. The number of carbonyl (C=O) groups excluding carboxylic acids is 2.